The van der Waals surface area contributed by atoms with Crippen LogP contribution in [0.3, 0.4) is 0 Å². The second-order valence-corrected chi connectivity index (χ2v) is 8.85. The van der Waals surface area contributed by atoms with Gasteiger partial charge in [0.25, 0.3) is 5.91 Å². The minimum absolute atomic E-state index is 0.0871. The molecule has 2 aliphatic rings. The van der Waals surface area contributed by atoms with Gasteiger partial charge in [-0.25, -0.2) is 0 Å². The Kier molecular flexibility index (Phi) is 6.17. The van der Waals surface area contributed by atoms with Crippen molar-refractivity contribution in [2.75, 3.05) is 45.2 Å². The van der Waals surface area contributed by atoms with Gasteiger partial charge in [0.1, 0.15) is 23.9 Å². The second kappa shape index (κ2) is 9.42. The standard InChI is InChI=1S/C26H28N4O5/c1-16-25(17(2)35-28-16)18-8-9-23-21(12-18)27-24(31)14-29-10-11-30(13-19(29)15-34-23)26(32)20-6-4-5-7-22(20)33-3/h4-9,12,19H,10-11,13-15H2,1-3H3,(H,27,31)/t19-/m1/s1. The quantitative estimate of drug-likeness (QED) is 0.620. The summed E-state index contributed by atoms with van der Waals surface area (Å²) in [6.45, 7) is 5.87. The predicted octanol–water partition coefficient (Wildman–Crippen LogP) is 3.12. The third-order valence-corrected chi connectivity index (χ3v) is 6.58. The van der Waals surface area contributed by atoms with Crippen LogP contribution in [0.4, 0.5) is 5.69 Å². The number of piperazine rings is 1. The molecule has 0 radical (unpaired) electrons. The van der Waals surface area contributed by atoms with Gasteiger partial charge in [0.05, 0.1) is 36.6 Å². The van der Waals surface area contributed by atoms with E-state index in [4.69, 9.17) is 14.0 Å². The highest BCUT2D eigenvalue weighted by molar-refractivity contribution is 5.97. The number of carbonyl (C=O) groups is 2. The van der Waals surface area contributed by atoms with E-state index in [1.807, 2.05) is 44.2 Å². The molecule has 1 saturated heterocycles. The smallest absolute Gasteiger partial charge is 0.257 e. The van der Waals surface area contributed by atoms with E-state index >= 15 is 0 Å². The molecule has 9 nitrogen and oxygen atoms in total. The number of nitrogens with zero attached hydrogens (tertiary/aromatic N) is 3. The van der Waals surface area contributed by atoms with Crippen LogP contribution in [0.1, 0.15) is 21.8 Å². The van der Waals surface area contributed by atoms with Crippen molar-refractivity contribution >= 4 is 17.5 Å². The zero-order valence-corrected chi connectivity index (χ0v) is 20.0. The summed E-state index contributed by atoms with van der Waals surface area (Å²) in [5, 5.41) is 7.03. The Morgan fingerprint density at radius 2 is 2.00 bits per heavy atom. The van der Waals surface area contributed by atoms with Gasteiger partial charge in [-0.15, -0.1) is 0 Å². The lowest BCUT2D eigenvalue weighted by molar-refractivity contribution is -0.118. The molecule has 3 aromatic rings. The molecule has 1 N–H and O–H groups in total. The fourth-order valence-corrected chi connectivity index (χ4v) is 4.80. The molecule has 0 aliphatic carbocycles. The van der Waals surface area contributed by atoms with Crippen molar-refractivity contribution < 1.29 is 23.6 Å². The van der Waals surface area contributed by atoms with E-state index in [9.17, 15) is 9.59 Å². The molecule has 2 amide bonds. The minimum Gasteiger partial charge on any atom is -0.496 e. The van der Waals surface area contributed by atoms with Crippen molar-refractivity contribution in [2.45, 2.75) is 19.9 Å². The van der Waals surface area contributed by atoms with E-state index < -0.39 is 0 Å². The Bertz CT molecular complexity index is 1250. The number of methoxy groups -OCH3 is 1. The van der Waals surface area contributed by atoms with E-state index in [0.717, 1.165) is 22.6 Å². The molecule has 0 bridgehead atoms. The summed E-state index contributed by atoms with van der Waals surface area (Å²) in [5.74, 6) is 1.64. The van der Waals surface area contributed by atoms with Crippen LogP contribution < -0.4 is 14.8 Å². The van der Waals surface area contributed by atoms with Crippen molar-refractivity contribution in [2.24, 2.45) is 0 Å². The van der Waals surface area contributed by atoms with Crippen LogP contribution in [0.5, 0.6) is 11.5 Å². The van der Waals surface area contributed by atoms with Gasteiger partial charge in [0.15, 0.2) is 0 Å². The van der Waals surface area contributed by atoms with Crippen LogP contribution in [-0.4, -0.2) is 72.7 Å². The first-order valence-corrected chi connectivity index (χ1v) is 11.6. The molecule has 3 heterocycles. The summed E-state index contributed by atoms with van der Waals surface area (Å²) >= 11 is 0. The number of rotatable bonds is 3. The molecule has 9 heteroatoms. The molecule has 0 spiro atoms. The summed E-state index contributed by atoms with van der Waals surface area (Å²) in [6, 6.07) is 12.8. The highest BCUT2D eigenvalue weighted by Crippen LogP contribution is 2.35. The second-order valence-electron chi connectivity index (χ2n) is 8.85. The van der Waals surface area contributed by atoms with Gasteiger partial charge >= 0.3 is 0 Å². The van der Waals surface area contributed by atoms with Gasteiger partial charge in [-0.3, -0.25) is 14.5 Å². The predicted molar refractivity (Wildman–Crippen MR) is 130 cm³/mol. The lowest BCUT2D eigenvalue weighted by Gasteiger charge is -2.40. The number of aromatic nitrogens is 1. The van der Waals surface area contributed by atoms with E-state index in [-0.39, 0.29) is 24.4 Å². The van der Waals surface area contributed by atoms with Crippen LogP contribution in [-0.2, 0) is 4.79 Å². The summed E-state index contributed by atoms with van der Waals surface area (Å²) in [6.07, 6.45) is 0. The lowest BCUT2D eigenvalue weighted by atomic mass is 10.0. The number of amides is 2. The normalized spacial score (nSPS) is 18.3. The fraction of sp³-hybridized carbons (Fsp3) is 0.346. The Morgan fingerprint density at radius 3 is 2.77 bits per heavy atom. The third kappa shape index (κ3) is 4.46. The van der Waals surface area contributed by atoms with Crippen LogP contribution in [0, 0.1) is 13.8 Å². The van der Waals surface area contributed by atoms with E-state index in [0.29, 0.717) is 49.0 Å². The maximum Gasteiger partial charge on any atom is 0.257 e. The molecule has 0 saturated carbocycles. The number of anilines is 1. The Morgan fingerprint density at radius 1 is 1.17 bits per heavy atom. The molecule has 1 fully saturated rings. The SMILES string of the molecule is COc1ccccc1C(=O)N1CCN2CC(=O)Nc3cc(-c4c(C)noc4C)ccc3OC[C@H]2C1. The fourth-order valence-electron chi connectivity index (χ4n) is 4.80. The van der Waals surface area contributed by atoms with Crippen LogP contribution in [0.15, 0.2) is 47.0 Å². The van der Waals surface area contributed by atoms with Crippen molar-refractivity contribution in [3.63, 3.8) is 0 Å². The van der Waals surface area contributed by atoms with E-state index in [1.54, 1.807) is 24.1 Å². The highest BCUT2D eigenvalue weighted by atomic mass is 16.5. The molecular weight excluding hydrogens is 448 g/mol. The Hall–Kier alpha value is -3.85. The number of para-hydroxylation sites is 1. The topological polar surface area (TPSA) is 97.1 Å². The molecule has 1 aromatic heterocycles. The maximum absolute atomic E-state index is 13.2. The molecule has 2 aliphatic heterocycles. The summed E-state index contributed by atoms with van der Waals surface area (Å²) in [7, 11) is 1.56. The number of fused-ring (bicyclic) bond motifs is 2. The average molecular weight is 477 g/mol. The number of nitrogens with one attached hydrogen (secondary N) is 1. The van der Waals surface area contributed by atoms with Gasteiger partial charge in [-0.2, -0.15) is 0 Å². The first-order chi connectivity index (χ1) is 16.9. The number of benzene rings is 2. The summed E-state index contributed by atoms with van der Waals surface area (Å²) < 4.78 is 16.9. The largest absolute Gasteiger partial charge is 0.496 e. The van der Waals surface area contributed by atoms with Gasteiger partial charge in [-0.1, -0.05) is 23.4 Å². The van der Waals surface area contributed by atoms with E-state index in [1.165, 1.54) is 0 Å². The number of carbonyl (C=O) groups excluding carboxylic acids is 2. The van der Waals surface area contributed by atoms with Crippen LogP contribution in [0.25, 0.3) is 11.1 Å². The first-order valence-electron chi connectivity index (χ1n) is 11.6. The van der Waals surface area contributed by atoms with Gasteiger partial charge < -0.3 is 24.2 Å². The minimum atomic E-state index is -0.124. The molecule has 182 valence electrons. The van der Waals surface area contributed by atoms with Crippen molar-refractivity contribution in [1.29, 1.82) is 0 Å². The highest BCUT2D eigenvalue weighted by Gasteiger charge is 2.33. The molecule has 1 atom stereocenters. The third-order valence-electron chi connectivity index (χ3n) is 6.58. The van der Waals surface area contributed by atoms with Crippen LogP contribution >= 0.6 is 0 Å². The van der Waals surface area contributed by atoms with Crippen LogP contribution in [0.2, 0.25) is 0 Å². The number of hydrogen-bond donors (Lipinski definition) is 1. The summed E-state index contributed by atoms with van der Waals surface area (Å²) in [4.78, 5) is 30.0. The number of hydrogen-bond acceptors (Lipinski definition) is 7. The lowest BCUT2D eigenvalue weighted by Crippen LogP contribution is -2.57. The zero-order valence-electron chi connectivity index (χ0n) is 20.0. The molecule has 0 unspecified atom stereocenters. The first kappa shape index (κ1) is 22.9. The summed E-state index contributed by atoms with van der Waals surface area (Å²) in [5.41, 5.74) is 3.73. The van der Waals surface area contributed by atoms with Gasteiger partial charge in [-0.05, 0) is 43.7 Å². The molecule has 5 rings (SSSR count). The maximum atomic E-state index is 13.2. The number of aryl methyl sites for hydroxylation is 2. The molecular formula is C26H28N4O5. The molecule has 2 aromatic carbocycles. The Labute approximate surface area is 203 Å². The van der Waals surface area contributed by atoms with Crippen molar-refractivity contribution in [3.05, 3.63) is 59.5 Å². The Balaban J connectivity index is 1.37. The van der Waals surface area contributed by atoms with Gasteiger partial charge in [0.2, 0.25) is 5.91 Å². The monoisotopic (exact) mass is 476 g/mol. The average Bonchev–Trinajstić information content (AvgIpc) is 3.23. The zero-order chi connectivity index (χ0) is 24.5. The van der Waals surface area contributed by atoms with Crippen molar-refractivity contribution in [3.8, 4) is 22.6 Å². The van der Waals surface area contributed by atoms with Gasteiger partial charge in [0, 0.05) is 25.2 Å². The van der Waals surface area contributed by atoms with E-state index in [2.05, 4.69) is 15.4 Å². The molecule has 35 heavy (non-hydrogen) atoms. The van der Waals surface area contributed by atoms with Crippen molar-refractivity contribution in [1.82, 2.24) is 15.0 Å². The number of ether oxygens (including phenoxy) is 2.